The summed E-state index contributed by atoms with van der Waals surface area (Å²) in [6.07, 6.45) is 3.91. The summed E-state index contributed by atoms with van der Waals surface area (Å²) in [4.78, 5) is 4.20. The molecule has 0 saturated carbocycles. The molecule has 0 heterocycles. The van der Waals surface area contributed by atoms with Crippen molar-refractivity contribution in [2.75, 3.05) is 38.0 Å². The number of benzene rings is 2. The predicted molar refractivity (Wildman–Crippen MR) is 102 cm³/mol. The zero-order chi connectivity index (χ0) is 16.8. The molecule has 0 aliphatic rings. The lowest BCUT2D eigenvalue weighted by Gasteiger charge is -2.15. The zero-order valence-corrected chi connectivity index (χ0v) is 14.4. The van der Waals surface area contributed by atoms with E-state index in [-0.39, 0.29) is 0 Å². The Kier molecular flexibility index (Phi) is 5.46. The third-order valence-corrected chi connectivity index (χ3v) is 3.76. The van der Waals surface area contributed by atoms with Crippen LogP contribution < -0.4 is 9.80 Å². The van der Waals surface area contributed by atoms with E-state index in [1.807, 2.05) is 34.3 Å². The van der Waals surface area contributed by atoms with Crippen LogP contribution in [0.3, 0.4) is 0 Å². The second-order valence-corrected chi connectivity index (χ2v) is 5.83. The minimum Gasteiger partial charge on any atom is -0.378 e. The highest BCUT2D eigenvalue weighted by atomic mass is 15.1. The maximum Gasteiger partial charge on any atom is 0.0361 e. The molecule has 0 fully saturated rings. The van der Waals surface area contributed by atoms with Gasteiger partial charge in [-0.2, -0.15) is 0 Å². The average molecular weight is 304 g/mol. The van der Waals surface area contributed by atoms with Crippen LogP contribution in [0.25, 0.3) is 5.57 Å². The van der Waals surface area contributed by atoms with Gasteiger partial charge in [-0.3, -0.25) is 0 Å². The van der Waals surface area contributed by atoms with Crippen molar-refractivity contribution in [2.24, 2.45) is 0 Å². The first-order chi connectivity index (χ1) is 11.0. The summed E-state index contributed by atoms with van der Waals surface area (Å²) in [7, 11) is 8.19. The van der Waals surface area contributed by atoms with Crippen molar-refractivity contribution < 1.29 is 0 Å². The molecule has 2 aromatic rings. The van der Waals surface area contributed by atoms with Crippen molar-refractivity contribution in [2.45, 2.75) is 0 Å². The van der Waals surface area contributed by atoms with Gasteiger partial charge in [-0.1, -0.05) is 30.8 Å². The molecule has 23 heavy (non-hydrogen) atoms. The minimum atomic E-state index is 1.16. The van der Waals surface area contributed by atoms with Gasteiger partial charge in [0.05, 0.1) is 0 Å². The summed E-state index contributed by atoms with van der Waals surface area (Å²) >= 11 is 0. The van der Waals surface area contributed by atoms with Crippen molar-refractivity contribution in [3.05, 3.63) is 84.1 Å². The van der Waals surface area contributed by atoms with E-state index in [0.717, 1.165) is 5.57 Å². The molecule has 0 N–H and O–H groups in total. The van der Waals surface area contributed by atoms with E-state index < -0.39 is 0 Å². The predicted octanol–water partition coefficient (Wildman–Crippen LogP) is 4.59. The van der Waals surface area contributed by atoms with Crippen LogP contribution in [0.2, 0.25) is 0 Å². The number of hydrogen-bond donors (Lipinski definition) is 0. The number of anilines is 2. The Morgan fingerprint density at radius 2 is 1.17 bits per heavy atom. The molecule has 0 atom stereocenters. The number of nitrogens with zero attached hydrogens (tertiary/aromatic N) is 2. The Balaban J connectivity index is 2.43. The van der Waals surface area contributed by atoms with Crippen LogP contribution in [0.1, 0.15) is 11.1 Å². The highest BCUT2D eigenvalue weighted by molar-refractivity contribution is 5.82. The SMILES string of the molecule is C=C=CC=C(c1ccc(N(C)C)cc1)c1ccc(N(C)C)cc1. The van der Waals surface area contributed by atoms with E-state index in [1.54, 1.807) is 0 Å². The van der Waals surface area contributed by atoms with Crippen LogP contribution in [-0.4, -0.2) is 28.2 Å². The van der Waals surface area contributed by atoms with E-state index in [0.29, 0.717) is 0 Å². The summed E-state index contributed by atoms with van der Waals surface area (Å²) < 4.78 is 0. The quantitative estimate of drug-likeness (QED) is 0.589. The maximum atomic E-state index is 3.66. The first-order valence-corrected chi connectivity index (χ1v) is 7.64. The van der Waals surface area contributed by atoms with Gasteiger partial charge in [-0.05, 0) is 53.1 Å². The largest absolute Gasteiger partial charge is 0.378 e. The molecule has 0 aliphatic heterocycles. The van der Waals surface area contributed by atoms with Gasteiger partial charge in [0.1, 0.15) is 0 Å². The fourth-order valence-corrected chi connectivity index (χ4v) is 2.38. The molecule has 2 rings (SSSR count). The van der Waals surface area contributed by atoms with Crippen LogP contribution in [0.4, 0.5) is 11.4 Å². The van der Waals surface area contributed by atoms with E-state index in [4.69, 9.17) is 0 Å². The van der Waals surface area contributed by atoms with E-state index in [9.17, 15) is 0 Å². The van der Waals surface area contributed by atoms with Crippen molar-refractivity contribution in [3.63, 3.8) is 0 Å². The number of allylic oxidation sites excluding steroid dienone is 2. The Morgan fingerprint density at radius 3 is 1.48 bits per heavy atom. The summed E-state index contributed by atoms with van der Waals surface area (Å²) in [5.41, 5.74) is 8.73. The second-order valence-electron chi connectivity index (χ2n) is 5.83. The lowest BCUT2D eigenvalue weighted by atomic mass is 9.97. The lowest BCUT2D eigenvalue weighted by Crippen LogP contribution is -2.08. The number of rotatable bonds is 5. The van der Waals surface area contributed by atoms with Gasteiger partial charge in [-0.25, -0.2) is 0 Å². The molecule has 0 amide bonds. The van der Waals surface area contributed by atoms with E-state index in [1.165, 1.54) is 22.5 Å². The van der Waals surface area contributed by atoms with Crippen LogP contribution in [0, 0.1) is 0 Å². The topological polar surface area (TPSA) is 6.48 Å². The molecule has 0 bridgehead atoms. The molecular weight excluding hydrogens is 280 g/mol. The van der Waals surface area contributed by atoms with Crippen LogP contribution in [-0.2, 0) is 0 Å². The Hall–Kier alpha value is -2.70. The summed E-state index contributed by atoms with van der Waals surface area (Å²) in [6.45, 7) is 3.66. The van der Waals surface area contributed by atoms with Gasteiger partial charge < -0.3 is 9.80 Å². The van der Waals surface area contributed by atoms with Gasteiger partial charge in [0, 0.05) is 39.6 Å². The summed E-state index contributed by atoms with van der Waals surface area (Å²) in [5, 5.41) is 0. The summed E-state index contributed by atoms with van der Waals surface area (Å²) in [6, 6.07) is 17.1. The normalized spacial score (nSPS) is 9.74. The van der Waals surface area contributed by atoms with Crippen LogP contribution >= 0.6 is 0 Å². The highest BCUT2D eigenvalue weighted by Gasteiger charge is 2.06. The van der Waals surface area contributed by atoms with Crippen molar-refractivity contribution in [3.8, 4) is 0 Å². The fourth-order valence-electron chi connectivity index (χ4n) is 2.38. The Bertz CT molecular complexity index is 660. The lowest BCUT2D eigenvalue weighted by molar-refractivity contribution is 1.13. The molecule has 118 valence electrons. The average Bonchev–Trinajstić information content (AvgIpc) is 2.56. The molecule has 2 heteroatoms. The number of hydrogen-bond acceptors (Lipinski definition) is 2. The standard InChI is InChI=1S/C21H24N2/c1-6-7-8-21(17-9-13-19(14-10-17)22(2)3)18-11-15-20(16-12-18)23(4)5/h7-16H,1H2,2-5H3. The first-order valence-electron chi connectivity index (χ1n) is 7.64. The Morgan fingerprint density at radius 1 is 0.783 bits per heavy atom. The molecule has 2 nitrogen and oxygen atoms in total. The summed E-state index contributed by atoms with van der Waals surface area (Å²) in [5.74, 6) is 0. The molecule has 0 radical (unpaired) electrons. The van der Waals surface area contributed by atoms with Gasteiger partial charge >= 0.3 is 0 Å². The van der Waals surface area contributed by atoms with Crippen molar-refractivity contribution in [1.82, 2.24) is 0 Å². The van der Waals surface area contributed by atoms with Crippen molar-refractivity contribution in [1.29, 1.82) is 0 Å². The molecule has 2 aromatic carbocycles. The second kappa shape index (κ2) is 7.53. The van der Waals surface area contributed by atoms with Gasteiger partial charge in [0.15, 0.2) is 0 Å². The third-order valence-electron chi connectivity index (χ3n) is 3.76. The molecule has 0 saturated heterocycles. The highest BCUT2D eigenvalue weighted by Crippen LogP contribution is 2.27. The zero-order valence-electron chi connectivity index (χ0n) is 14.4. The monoisotopic (exact) mass is 304 g/mol. The van der Waals surface area contributed by atoms with E-state index in [2.05, 4.69) is 76.7 Å². The van der Waals surface area contributed by atoms with Gasteiger partial charge in [0.2, 0.25) is 0 Å². The smallest absolute Gasteiger partial charge is 0.0361 e. The van der Waals surface area contributed by atoms with E-state index >= 15 is 0 Å². The van der Waals surface area contributed by atoms with Crippen LogP contribution in [0.5, 0.6) is 0 Å². The first kappa shape index (κ1) is 16.7. The molecule has 0 spiro atoms. The fraction of sp³-hybridized carbons (Fsp3) is 0.190. The van der Waals surface area contributed by atoms with Gasteiger partial charge in [-0.15, -0.1) is 5.73 Å². The Labute approximate surface area is 139 Å². The van der Waals surface area contributed by atoms with Gasteiger partial charge in [0.25, 0.3) is 0 Å². The van der Waals surface area contributed by atoms with Crippen LogP contribution in [0.15, 0.2) is 73.0 Å². The molecule has 0 aliphatic carbocycles. The molecule has 0 aromatic heterocycles. The molecule has 0 unspecified atom stereocenters. The third kappa shape index (κ3) is 4.15. The maximum absolute atomic E-state index is 3.66. The minimum absolute atomic E-state index is 1.16. The molecular formula is C21H24N2. The van der Waals surface area contributed by atoms with Crippen molar-refractivity contribution >= 4 is 16.9 Å².